The zero-order chi connectivity index (χ0) is 15.1. The first kappa shape index (κ1) is 15.9. The molecule has 0 saturated heterocycles. The summed E-state index contributed by atoms with van der Waals surface area (Å²) in [6, 6.07) is 4.97. The van der Waals surface area contributed by atoms with E-state index in [1.54, 1.807) is 25.1 Å². The highest BCUT2D eigenvalue weighted by Crippen LogP contribution is 2.09. The van der Waals surface area contributed by atoms with Gasteiger partial charge in [-0.2, -0.15) is 0 Å². The number of nitrogens with one attached hydrogen (secondary N) is 1. The van der Waals surface area contributed by atoms with Gasteiger partial charge in [0.2, 0.25) is 5.88 Å². The summed E-state index contributed by atoms with van der Waals surface area (Å²) in [6.45, 7) is 5.81. The van der Waals surface area contributed by atoms with Crippen molar-refractivity contribution in [1.29, 1.82) is 0 Å². The van der Waals surface area contributed by atoms with Gasteiger partial charge in [0.05, 0.1) is 6.10 Å². The fourth-order valence-corrected chi connectivity index (χ4v) is 1.58. The van der Waals surface area contributed by atoms with Crippen LogP contribution in [-0.4, -0.2) is 34.6 Å². The maximum atomic E-state index is 11.9. The van der Waals surface area contributed by atoms with Crippen molar-refractivity contribution in [2.75, 3.05) is 6.54 Å². The molecule has 0 aliphatic rings. The molecule has 6 nitrogen and oxygen atoms in total. The third-order valence-corrected chi connectivity index (χ3v) is 2.45. The Kier molecular flexibility index (Phi) is 5.96. The van der Waals surface area contributed by atoms with Gasteiger partial charge >= 0.3 is 5.97 Å². The van der Waals surface area contributed by atoms with E-state index >= 15 is 0 Å². The van der Waals surface area contributed by atoms with Crippen LogP contribution in [0, 0.1) is 5.92 Å². The van der Waals surface area contributed by atoms with Crippen LogP contribution in [0.5, 0.6) is 5.88 Å². The number of aliphatic carboxylic acids is 1. The number of amides is 1. The summed E-state index contributed by atoms with van der Waals surface area (Å²) in [5, 5.41) is 11.3. The van der Waals surface area contributed by atoms with Crippen LogP contribution >= 0.6 is 0 Å². The fourth-order valence-electron chi connectivity index (χ4n) is 1.58. The van der Waals surface area contributed by atoms with Crippen LogP contribution in [0.1, 0.15) is 37.7 Å². The quantitative estimate of drug-likeness (QED) is 0.793. The highest BCUT2D eigenvalue weighted by Gasteiger charge is 2.12. The van der Waals surface area contributed by atoms with Gasteiger partial charge in [-0.15, -0.1) is 0 Å². The van der Waals surface area contributed by atoms with Crippen molar-refractivity contribution in [1.82, 2.24) is 10.3 Å². The minimum absolute atomic E-state index is 0.0172. The van der Waals surface area contributed by atoms with Crippen molar-refractivity contribution >= 4 is 11.9 Å². The first-order valence-corrected chi connectivity index (χ1v) is 6.52. The summed E-state index contributed by atoms with van der Waals surface area (Å²) in [7, 11) is 0. The molecule has 0 bridgehead atoms. The van der Waals surface area contributed by atoms with Crippen molar-refractivity contribution in [3.05, 3.63) is 23.9 Å². The molecule has 6 heteroatoms. The molecule has 1 atom stereocenters. The lowest BCUT2D eigenvalue weighted by molar-refractivity contribution is -0.137. The number of rotatable bonds is 7. The number of carbonyl (C=O) groups excluding carboxylic acids is 1. The topological polar surface area (TPSA) is 88.5 Å². The predicted molar refractivity (Wildman–Crippen MR) is 73.8 cm³/mol. The second-order valence-corrected chi connectivity index (χ2v) is 4.94. The average molecular weight is 280 g/mol. The number of aromatic nitrogens is 1. The number of carbonyl (C=O) groups is 2. The largest absolute Gasteiger partial charge is 0.481 e. The van der Waals surface area contributed by atoms with Crippen LogP contribution in [0.25, 0.3) is 0 Å². The summed E-state index contributed by atoms with van der Waals surface area (Å²) in [5.74, 6) is -0.952. The molecule has 0 fully saturated rings. The summed E-state index contributed by atoms with van der Waals surface area (Å²) in [5.41, 5.74) is 0.255. The highest BCUT2D eigenvalue weighted by atomic mass is 16.5. The first-order chi connectivity index (χ1) is 9.38. The normalized spacial score (nSPS) is 12.0. The lowest BCUT2D eigenvalue weighted by atomic mass is 10.1. The summed E-state index contributed by atoms with van der Waals surface area (Å²) in [4.78, 5) is 26.5. The van der Waals surface area contributed by atoms with Crippen LogP contribution in [0.2, 0.25) is 0 Å². The molecule has 0 spiro atoms. The zero-order valence-corrected chi connectivity index (χ0v) is 11.9. The summed E-state index contributed by atoms with van der Waals surface area (Å²) in [6.07, 6.45) is 0.000842. The maximum absolute atomic E-state index is 11.9. The lowest BCUT2D eigenvalue weighted by Gasteiger charge is -2.11. The van der Waals surface area contributed by atoms with Gasteiger partial charge < -0.3 is 15.2 Å². The Morgan fingerprint density at radius 3 is 2.65 bits per heavy atom. The number of ether oxygens (including phenoxy) is 1. The molecule has 0 saturated carbocycles. The number of carboxylic acids is 1. The number of nitrogens with zero attached hydrogens (tertiary/aromatic N) is 1. The SMILES string of the molecule is CC(CNC(=O)c1cccc(OC(C)C)n1)CC(=O)O. The van der Waals surface area contributed by atoms with Gasteiger partial charge in [0.1, 0.15) is 5.69 Å². The molecule has 1 aromatic rings. The number of carboxylic acid groups (broad SMARTS) is 1. The van der Waals surface area contributed by atoms with Crippen molar-refractivity contribution in [3.63, 3.8) is 0 Å². The van der Waals surface area contributed by atoms with Crippen molar-refractivity contribution < 1.29 is 19.4 Å². The Morgan fingerprint density at radius 1 is 1.35 bits per heavy atom. The Bertz CT molecular complexity index is 474. The lowest BCUT2D eigenvalue weighted by Crippen LogP contribution is -2.29. The van der Waals surface area contributed by atoms with Crippen LogP contribution in [-0.2, 0) is 4.79 Å². The third kappa shape index (κ3) is 5.69. The summed E-state index contributed by atoms with van der Waals surface area (Å²) < 4.78 is 5.41. The second kappa shape index (κ2) is 7.47. The van der Waals surface area contributed by atoms with E-state index in [1.165, 1.54) is 0 Å². The molecule has 1 rings (SSSR count). The van der Waals surface area contributed by atoms with Gasteiger partial charge in [0, 0.05) is 19.0 Å². The molecule has 110 valence electrons. The number of pyridine rings is 1. The Labute approximate surface area is 118 Å². The molecule has 1 unspecified atom stereocenters. The Hall–Kier alpha value is -2.11. The molecule has 0 aliphatic heterocycles. The van der Waals surface area contributed by atoms with Gasteiger partial charge in [0.15, 0.2) is 0 Å². The monoisotopic (exact) mass is 280 g/mol. The third-order valence-electron chi connectivity index (χ3n) is 2.45. The smallest absolute Gasteiger partial charge is 0.303 e. The number of hydrogen-bond acceptors (Lipinski definition) is 4. The molecule has 1 amide bonds. The standard InChI is InChI=1S/C14H20N2O4/c1-9(2)20-12-6-4-5-11(16-12)14(19)15-8-10(3)7-13(17)18/h4-6,9-10H,7-8H2,1-3H3,(H,15,19)(H,17,18). The fraction of sp³-hybridized carbons (Fsp3) is 0.500. The molecule has 0 radical (unpaired) electrons. The van der Waals surface area contributed by atoms with E-state index in [4.69, 9.17) is 9.84 Å². The molecule has 2 N–H and O–H groups in total. The van der Waals surface area contributed by atoms with E-state index in [0.717, 1.165) is 0 Å². The van der Waals surface area contributed by atoms with Gasteiger partial charge in [-0.25, -0.2) is 4.98 Å². The second-order valence-electron chi connectivity index (χ2n) is 4.94. The van der Waals surface area contributed by atoms with E-state index in [1.807, 2.05) is 13.8 Å². The molecule has 1 aromatic heterocycles. The first-order valence-electron chi connectivity index (χ1n) is 6.52. The molecule has 20 heavy (non-hydrogen) atoms. The van der Waals surface area contributed by atoms with Gasteiger partial charge in [-0.1, -0.05) is 13.0 Å². The highest BCUT2D eigenvalue weighted by molar-refractivity contribution is 5.92. The molecular formula is C14H20N2O4. The predicted octanol–water partition coefficient (Wildman–Crippen LogP) is 1.71. The summed E-state index contributed by atoms with van der Waals surface area (Å²) >= 11 is 0. The molecule has 0 aromatic carbocycles. The van der Waals surface area contributed by atoms with E-state index in [-0.39, 0.29) is 30.0 Å². The van der Waals surface area contributed by atoms with Crippen molar-refractivity contribution in [2.45, 2.75) is 33.3 Å². The van der Waals surface area contributed by atoms with E-state index in [0.29, 0.717) is 12.4 Å². The minimum atomic E-state index is -0.878. The average Bonchev–Trinajstić information content (AvgIpc) is 2.34. The van der Waals surface area contributed by atoms with Gasteiger partial charge in [-0.3, -0.25) is 9.59 Å². The zero-order valence-electron chi connectivity index (χ0n) is 11.9. The van der Waals surface area contributed by atoms with Crippen LogP contribution in [0.3, 0.4) is 0 Å². The molecular weight excluding hydrogens is 260 g/mol. The molecule has 1 heterocycles. The van der Waals surface area contributed by atoms with E-state index in [2.05, 4.69) is 10.3 Å². The molecule has 0 aliphatic carbocycles. The van der Waals surface area contributed by atoms with Crippen LogP contribution < -0.4 is 10.1 Å². The van der Waals surface area contributed by atoms with Crippen LogP contribution in [0.15, 0.2) is 18.2 Å². The van der Waals surface area contributed by atoms with Gasteiger partial charge in [-0.05, 0) is 25.8 Å². The maximum Gasteiger partial charge on any atom is 0.303 e. The van der Waals surface area contributed by atoms with E-state index in [9.17, 15) is 9.59 Å². The Balaban J connectivity index is 2.57. The van der Waals surface area contributed by atoms with E-state index < -0.39 is 5.97 Å². The van der Waals surface area contributed by atoms with Gasteiger partial charge in [0.25, 0.3) is 5.91 Å². The number of hydrogen-bond donors (Lipinski definition) is 2. The van der Waals surface area contributed by atoms with Crippen molar-refractivity contribution in [3.8, 4) is 5.88 Å². The minimum Gasteiger partial charge on any atom is -0.481 e. The Morgan fingerprint density at radius 2 is 2.05 bits per heavy atom. The van der Waals surface area contributed by atoms with Crippen molar-refractivity contribution in [2.24, 2.45) is 5.92 Å². The van der Waals surface area contributed by atoms with Crippen LogP contribution in [0.4, 0.5) is 0 Å².